The molecule has 3 heterocycles. The molecule has 1 aliphatic heterocycles. The number of thiophene rings is 1. The summed E-state index contributed by atoms with van der Waals surface area (Å²) in [4.78, 5) is 17.7. The van der Waals surface area contributed by atoms with Crippen LogP contribution in [0.1, 0.15) is 23.5 Å². The number of carbonyl (C=O) groups excluding carboxylic acids is 1. The minimum absolute atomic E-state index is 0.254. The first-order chi connectivity index (χ1) is 12.6. The number of aromatic nitrogens is 2. The second-order valence-electron chi connectivity index (χ2n) is 6.61. The summed E-state index contributed by atoms with van der Waals surface area (Å²) in [6.45, 7) is 3.12. The summed E-state index contributed by atoms with van der Waals surface area (Å²) in [5.41, 5.74) is 8.47. The number of primary amides is 1. The van der Waals surface area contributed by atoms with Crippen molar-refractivity contribution < 1.29 is 9.53 Å². The number of nitrogens with zero attached hydrogens (tertiary/aromatic N) is 2. The van der Waals surface area contributed by atoms with Crippen LogP contribution in [0, 0.1) is 6.92 Å². The van der Waals surface area contributed by atoms with Crippen molar-refractivity contribution in [3.63, 3.8) is 0 Å². The van der Waals surface area contributed by atoms with Crippen LogP contribution < -0.4 is 5.73 Å². The standard InChI is InChI=1S/C20H21N3O2S/c1-14-22-9-10-23(14)16-4-2-15(3-5-16)17-6-13-26-18(17)20(19(21)24)7-11-25-12-8-20/h2-6,9-10,13H,7-8,11-12H2,1H3,(H2,21,24). The van der Waals surface area contributed by atoms with Crippen molar-refractivity contribution >= 4 is 17.2 Å². The van der Waals surface area contributed by atoms with Gasteiger partial charge in [-0.1, -0.05) is 12.1 Å². The fourth-order valence-electron chi connectivity index (χ4n) is 3.66. The normalized spacial score (nSPS) is 16.5. The van der Waals surface area contributed by atoms with Gasteiger partial charge >= 0.3 is 0 Å². The van der Waals surface area contributed by atoms with Gasteiger partial charge in [-0.25, -0.2) is 4.98 Å². The average molecular weight is 367 g/mol. The molecule has 0 spiro atoms. The van der Waals surface area contributed by atoms with E-state index in [-0.39, 0.29) is 5.91 Å². The zero-order valence-corrected chi connectivity index (χ0v) is 15.5. The van der Waals surface area contributed by atoms with E-state index in [1.807, 2.05) is 23.1 Å². The monoisotopic (exact) mass is 367 g/mol. The summed E-state index contributed by atoms with van der Waals surface area (Å²) in [7, 11) is 0. The molecule has 4 rings (SSSR count). The van der Waals surface area contributed by atoms with Gasteiger partial charge in [0.15, 0.2) is 0 Å². The molecule has 2 aromatic heterocycles. The van der Waals surface area contributed by atoms with E-state index in [2.05, 4.69) is 35.3 Å². The first-order valence-corrected chi connectivity index (χ1v) is 9.56. The number of nitrogens with two attached hydrogens (primary N) is 1. The van der Waals surface area contributed by atoms with E-state index in [0.717, 1.165) is 27.5 Å². The quantitative estimate of drug-likeness (QED) is 0.768. The number of hydrogen-bond acceptors (Lipinski definition) is 4. The molecule has 6 heteroatoms. The van der Waals surface area contributed by atoms with Gasteiger partial charge in [0.25, 0.3) is 0 Å². The van der Waals surface area contributed by atoms with Gasteiger partial charge in [0.1, 0.15) is 5.82 Å². The first kappa shape index (κ1) is 17.0. The predicted molar refractivity (Wildman–Crippen MR) is 103 cm³/mol. The van der Waals surface area contributed by atoms with Crippen molar-refractivity contribution in [1.82, 2.24) is 9.55 Å². The summed E-state index contributed by atoms with van der Waals surface area (Å²) in [5, 5.41) is 2.04. The molecular weight excluding hydrogens is 346 g/mol. The maximum atomic E-state index is 12.4. The Morgan fingerprint density at radius 1 is 1.23 bits per heavy atom. The van der Waals surface area contributed by atoms with Crippen LogP contribution in [-0.4, -0.2) is 28.7 Å². The largest absolute Gasteiger partial charge is 0.381 e. The van der Waals surface area contributed by atoms with Crippen LogP contribution in [-0.2, 0) is 14.9 Å². The molecule has 0 radical (unpaired) electrons. The Kier molecular flexibility index (Phi) is 4.38. The number of aryl methyl sites for hydroxylation is 1. The summed E-state index contributed by atoms with van der Waals surface area (Å²) >= 11 is 1.61. The Hall–Kier alpha value is -2.44. The molecular formula is C20H21N3O2S. The SMILES string of the molecule is Cc1nccn1-c1ccc(-c2ccsc2C2(C(N)=O)CCOCC2)cc1. The first-order valence-electron chi connectivity index (χ1n) is 8.68. The van der Waals surface area contributed by atoms with Crippen molar-refractivity contribution in [1.29, 1.82) is 0 Å². The van der Waals surface area contributed by atoms with Gasteiger partial charge in [-0.3, -0.25) is 4.79 Å². The van der Waals surface area contributed by atoms with Gasteiger partial charge in [0.05, 0.1) is 5.41 Å². The maximum absolute atomic E-state index is 12.4. The number of hydrogen-bond donors (Lipinski definition) is 1. The highest BCUT2D eigenvalue weighted by Crippen LogP contribution is 2.43. The number of ether oxygens (including phenoxy) is 1. The third-order valence-corrected chi connectivity index (χ3v) is 6.32. The van der Waals surface area contributed by atoms with Gasteiger partial charge in [-0.05, 0) is 54.5 Å². The molecule has 1 fully saturated rings. The fraction of sp³-hybridized carbons (Fsp3) is 0.300. The van der Waals surface area contributed by atoms with E-state index in [1.54, 1.807) is 17.5 Å². The van der Waals surface area contributed by atoms with Gasteiger partial charge in [-0.15, -0.1) is 11.3 Å². The molecule has 0 saturated carbocycles. The molecule has 2 N–H and O–H groups in total. The highest BCUT2D eigenvalue weighted by Gasteiger charge is 2.42. The van der Waals surface area contributed by atoms with E-state index >= 15 is 0 Å². The lowest BCUT2D eigenvalue weighted by atomic mass is 9.76. The molecule has 1 aromatic carbocycles. The Bertz CT molecular complexity index is 921. The Morgan fingerprint density at radius 2 is 1.96 bits per heavy atom. The molecule has 26 heavy (non-hydrogen) atoms. The average Bonchev–Trinajstić information content (AvgIpc) is 3.31. The summed E-state index contributed by atoms with van der Waals surface area (Å²) in [5.74, 6) is 0.694. The predicted octanol–water partition coefficient (Wildman–Crippen LogP) is 3.44. The van der Waals surface area contributed by atoms with Crippen LogP contribution >= 0.6 is 11.3 Å². The number of carbonyl (C=O) groups is 1. The highest BCUT2D eigenvalue weighted by molar-refractivity contribution is 7.10. The Balaban J connectivity index is 1.73. The molecule has 0 unspecified atom stereocenters. The fourth-order valence-corrected chi connectivity index (χ4v) is 4.85. The summed E-state index contributed by atoms with van der Waals surface area (Å²) < 4.78 is 7.52. The summed E-state index contributed by atoms with van der Waals surface area (Å²) in [6.07, 6.45) is 5.02. The minimum Gasteiger partial charge on any atom is -0.381 e. The van der Waals surface area contributed by atoms with E-state index in [1.165, 1.54) is 0 Å². The molecule has 5 nitrogen and oxygen atoms in total. The van der Waals surface area contributed by atoms with Crippen molar-refractivity contribution in [3.8, 4) is 16.8 Å². The van der Waals surface area contributed by atoms with Crippen LogP contribution in [0.25, 0.3) is 16.8 Å². The van der Waals surface area contributed by atoms with Crippen LogP contribution in [0.4, 0.5) is 0 Å². The van der Waals surface area contributed by atoms with Crippen molar-refractivity contribution in [3.05, 3.63) is 58.8 Å². The van der Waals surface area contributed by atoms with E-state index in [9.17, 15) is 4.79 Å². The van der Waals surface area contributed by atoms with E-state index in [0.29, 0.717) is 26.1 Å². The molecule has 1 saturated heterocycles. The third-order valence-electron chi connectivity index (χ3n) is 5.20. The number of benzene rings is 1. The summed E-state index contributed by atoms with van der Waals surface area (Å²) in [6, 6.07) is 10.4. The maximum Gasteiger partial charge on any atom is 0.229 e. The lowest BCUT2D eigenvalue weighted by Crippen LogP contribution is -2.45. The van der Waals surface area contributed by atoms with E-state index in [4.69, 9.17) is 10.5 Å². The molecule has 1 aliphatic rings. The smallest absolute Gasteiger partial charge is 0.229 e. The Labute approximate surface area is 156 Å². The molecule has 134 valence electrons. The van der Waals surface area contributed by atoms with Gasteiger partial charge in [-0.2, -0.15) is 0 Å². The number of rotatable bonds is 4. The zero-order valence-electron chi connectivity index (χ0n) is 14.6. The Morgan fingerprint density at radius 3 is 2.58 bits per heavy atom. The van der Waals surface area contributed by atoms with Crippen LogP contribution in [0.3, 0.4) is 0 Å². The number of amides is 1. The van der Waals surface area contributed by atoms with Crippen LogP contribution in [0.5, 0.6) is 0 Å². The lowest BCUT2D eigenvalue weighted by molar-refractivity contribution is -0.126. The van der Waals surface area contributed by atoms with Gasteiger partial charge in [0, 0.05) is 36.2 Å². The van der Waals surface area contributed by atoms with Crippen molar-refractivity contribution in [2.75, 3.05) is 13.2 Å². The van der Waals surface area contributed by atoms with Crippen LogP contribution in [0.15, 0.2) is 48.1 Å². The molecule has 0 bridgehead atoms. The topological polar surface area (TPSA) is 70.1 Å². The third kappa shape index (κ3) is 2.75. The van der Waals surface area contributed by atoms with Gasteiger partial charge in [0.2, 0.25) is 5.91 Å². The molecule has 0 atom stereocenters. The van der Waals surface area contributed by atoms with Crippen molar-refractivity contribution in [2.45, 2.75) is 25.2 Å². The van der Waals surface area contributed by atoms with Crippen molar-refractivity contribution in [2.24, 2.45) is 5.73 Å². The van der Waals surface area contributed by atoms with Gasteiger partial charge < -0.3 is 15.0 Å². The van der Waals surface area contributed by atoms with E-state index < -0.39 is 5.41 Å². The van der Waals surface area contributed by atoms with Crippen LogP contribution in [0.2, 0.25) is 0 Å². The molecule has 0 aliphatic carbocycles. The number of imidazole rings is 1. The zero-order chi connectivity index (χ0) is 18.1. The molecule has 1 amide bonds. The second-order valence-corrected chi connectivity index (χ2v) is 7.53. The lowest BCUT2D eigenvalue weighted by Gasteiger charge is -2.34. The highest BCUT2D eigenvalue weighted by atomic mass is 32.1. The molecule has 3 aromatic rings. The minimum atomic E-state index is -0.624. The second kappa shape index (κ2) is 6.70.